The lowest BCUT2D eigenvalue weighted by Crippen LogP contribution is -2.03. The van der Waals surface area contributed by atoms with E-state index in [1.807, 2.05) is 18.2 Å². The third-order valence-corrected chi connectivity index (χ3v) is 5.79. The first kappa shape index (κ1) is 14.9. The van der Waals surface area contributed by atoms with E-state index >= 15 is 0 Å². The Morgan fingerprint density at radius 2 is 2.05 bits per heavy atom. The number of nitrogen functional groups attached to an aromatic ring is 1. The summed E-state index contributed by atoms with van der Waals surface area (Å²) in [5.41, 5.74) is 8.12. The molecule has 0 amide bonds. The molecular formula is C16H19BrN2OS. The van der Waals surface area contributed by atoms with Crippen molar-refractivity contribution in [2.45, 2.75) is 38.0 Å². The number of nitrogens with two attached hydrogens (primary N) is 1. The minimum absolute atomic E-state index is 0.587. The van der Waals surface area contributed by atoms with E-state index in [9.17, 15) is 0 Å². The second-order valence-electron chi connectivity index (χ2n) is 5.45. The number of anilines is 1. The quantitative estimate of drug-likeness (QED) is 0.810. The summed E-state index contributed by atoms with van der Waals surface area (Å²) in [5, 5.41) is 1.99. The molecule has 0 spiro atoms. The van der Waals surface area contributed by atoms with Crippen molar-refractivity contribution < 1.29 is 4.74 Å². The second kappa shape index (κ2) is 6.36. The van der Waals surface area contributed by atoms with Gasteiger partial charge in [-0.1, -0.05) is 35.2 Å². The SMILES string of the molecule is COc1ccc(Br)c(-c2nc(C3CCCCC3)sc2N)c1. The van der Waals surface area contributed by atoms with Gasteiger partial charge < -0.3 is 10.5 Å². The lowest BCUT2D eigenvalue weighted by molar-refractivity contribution is 0.415. The van der Waals surface area contributed by atoms with Crippen molar-refractivity contribution in [1.29, 1.82) is 0 Å². The molecule has 0 saturated heterocycles. The van der Waals surface area contributed by atoms with Crippen molar-refractivity contribution in [3.05, 3.63) is 27.7 Å². The molecule has 0 atom stereocenters. The molecule has 0 aliphatic heterocycles. The Morgan fingerprint density at radius 3 is 2.76 bits per heavy atom. The largest absolute Gasteiger partial charge is 0.497 e. The maximum absolute atomic E-state index is 6.23. The van der Waals surface area contributed by atoms with Crippen LogP contribution in [-0.4, -0.2) is 12.1 Å². The van der Waals surface area contributed by atoms with Crippen LogP contribution in [0.25, 0.3) is 11.3 Å². The van der Waals surface area contributed by atoms with Gasteiger partial charge in [-0.25, -0.2) is 4.98 Å². The van der Waals surface area contributed by atoms with Crippen LogP contribution in [0, 0.1) is 0 Å². The zero-order chi connectivity index (χ0) is 14.8. The topological polar surface area (TPSA) is 48.1 Å². The number of nitrogens with zero attached hydrogens (tertiary/aromatic N) is 1. The highest BCUT2D eigenvalue weighted by Gasteiger charge is 2.22. The van der Waals surface area contributed by atoms with Crippen LogP contribution in [-0.2, 0) is 0 Å². The molecule has 112 valence electrons. The van der Waals surface area contributed by atoms with E-state index in [0.717, 1.165) is 26.5 Å². The lowest BCUT2D eigenvalue weighted by atomic mass is 9.90. The van der Waals surface area contributed by atoms with E-state index < -0.39 is 0 Å². The molecule has 1 heterocycles. The molecule has 1 fully saturated rings. The highest BCUT2D eigenvalue weighted by molar-refractivity contribution is 9.10. The predicted molar refractivity (Wildman–Crippen MR) is 92.0 cm³/mol. The van der Waals surface area contributed by atoms with Crippen LogP contribution < -0.4 is 10.5 Å². The molecule has 2 N–H and O–H groups in total. The zero-order valence-corrected chi connectivity index (χ0v) is 14.5. The van der Waals surface area contributed by atoms with Crippen LogP contribution in [0.5, 0.6) is 5.75 Å². The molecule has 5 heteroatoms. The number of methoxy groups -OCH3 is 1. The molecule has 1 aliphatic carbocycles. The Kier molecular flexibility index (Phi) is 4.50. The molecular weight excluding hydrogens is 348 g/mol. The van der Waals surface area contributed by atoms with E-state index in [2.05, 4.69) is 15.9 Å². The van der Waals surface area contributed by atoms with Gasteiger partial charge in [-0.05, 0) is 31.0 Å². The first-order chi connectivity index (χ1) is 10.2. The van der Waals surface area contributed by atoms with Gasteiger partial charge in [0.2, 0.25) is 0 Å². The highest BCUT2D eigenvalue weighted by atomic mass is 79.9. The normalized spacial score (nSPS) is 16.1. The lowest BCUT2D eigenvalue weighted by Gasteiger charge is -2.18. The Morgan fingerprint density at radius 1 is 1.29 bits per heavy atom. The summed E-state index contributed by atoms with van der Waals surface area (Å²) in [4.78, 5) is 4.85. The van der Waals surface area contributed by atoms with E-state index in [0.29, 0.717) is 5.92 Å². The predicted octanol–water partition coefficient (Wildman–Crippen LogP) is 5.21. The van der Waals surface area contributed by atoms with Crippen molar-refractivity contribution >= 4 is 32.3 Å². The van der Waals surface area contributed by atoms with Crippen LogP contribution >= 0.6 is 27.3 Å². The number of hydrogen-bond acceptors (Lipinski definition) is 4. The third kappa shape index (κ3) is 3.09. The fourth-order valence-corrected chi connectivity index (χ4v) is 4.33. The van der Waals surface area contributed by atoms with E-state index in [-0.39, 0.29) is 0 Å². The molecule has 3 nitrogen and oxygen atoms in total. The van der Waals surface area contributed by atoms with Gasteiger partial charge in [0.05, 0.1) is 12.1 Å². The number of thiazole rings is 1. The molecule has 0 unspecified atom stereocenters. The van der Waals surface area contributed by atoms with E-state index in [1.54, 1.807) is 18.4 Å². The summed E-state index contributed by atoms with van der Waals surface area (Å²) < 4.78 is 6.30. The number of ether oxygens (including phenoxy) is 1. The summed E-state index contributed by atoms with van der Waals surface area (Å²) in [7, 11) is 1.67. The number of halogens is 1. The fraction of sp³-hybridized carbons (Fsp3) is 0.438. The molecule has 1 saturated carbocycles. The van der Waals surface area contributed by atoms with Crippen LogP contribution in [0.3, 0.4) is 0 Å². The van der Waals surface area contributed by atoms with Crippen LogP contribution in [0.1, 0.15) is 43.0 Å². The summed E-state index contributed by atoms with van der Waals surface area (Å²) >= 11 is 5.23. The van der Waals surface area contributed by atoms with Crippen molar-refractivity contribution in [2.75, 3.05) is 12.8 Å². The Hall–Kier alpha value is -1.07. The van der Waals surface area contributed by atoms with Crippen LogP contribution in [0.4, 0.5) is 5.00 Å². The smallest absolute Gasteiger partial charge is 0.119 e. The molecule has 1 aromatic carbocycles. The molecule has 0 bridgehead atoms. The average Bonchev–Trinajstić information content (AvgIpc) is 2.90. The van der Waals surface area contributed by atoms with Crippen molar-refractivity contribution in [3.63, 3.8) is 0 Å². The molecule has 1 aliphatic rings. The van der Waals surface area contributed by atoms with Crippen molar-refractivity contribution in [1.82, 2.24) is 4.98 Å². The first-order valence-corrected chi connectivity index (χ1v) is 8.90. The fourth-order valence-electron chi connectivity index (χ4n) is 2.88. The number of aromatic nitrogens is 1. The second-order valence-corrected chi connectivity index (χ2v) is 7.36. The summed E-state index contributed by atoms with van der Waals surface area (Å²) in [6.07, 6.45) is 6.45. The van der Waals surface area contributed by atoms with Crippen molar-refractivity contribution in [2.24, 2.45) is 0 Å². The maximum Gasteiger partial charge on any atom is 0.119 e. The van der Waals surface area contributed by atoms with Gasteiger partial charge in [0.15, 0.2) is 0 Å². The molecule has 3 rings (SSSR count). The zero-order valence-electron chi connectivity index (χ0n) is 12.1. The molecule has 0 radical (unpaired) electrons. The van der Waals surface area contributed by atoms with Gasteiger partial charge in [0.25, 0.3) is 0 Å². The van der Waals surface area contributed by atoms with Crippen LogP contribution in [0.15, 0.2) is 22.7 Å². The Balaban J connectivity index is 1.97. The van der Waals surface area contributed by atoms with Crippen molar-refractivity contribution in [3.8, 4) is 17.0 Å². The number of rotatable bonds is 3. The van der Waals surface area contributed by atoms with Gasteiger partial charge in [-0.15, -0.1) is 11.3 Å². The third-order valence-electron chi connectivity index (χ3n) is 4.05. The van der Waals surface area contributed by atoms with Gasteiger partial charge in [-0.3, -0.25) is 0 Å². The summed E-state index contributed by atoms with van der Waals surface area (Å²) in [6.45, 7) is 0. The number of benzene rings is 1. The standard InChI is InChI=1S/C16H19BrN2OS/c1-20-11-7-8-13(17)12(9-11)14-15(18)21-16(19-14)10-5-3-2-4-6-10/h7-10H,2-6,18H2,1H3. The Labute approximate surface area is 137 Å². The number of hydrogen-bond donors (Lipinski definition) is 1. The average molecular weight is 367 g/mol. The Bertz CT molecular complexity index is 635. The molecule has 2 aromatic rings. The minimum Gasteiger partial charge on any atom is -0.497 e. The highest BCUT2D eigenvalue weighted by Crippen LogP contribution is 2.42. The van der Waals surface area contributed by atoms with Gasteiger partial charge in [0, 0.05) is 16.0 Å². The van der Waals surface area contributed by atoms with Gasteiger partial charge in [-0.2, -0.15) is 0 Å². The van der Waals surface area contributed by atoms with Gasteiger partial charge in [0.1, 0.15) is 16.4 Å². The maximum atomic E-state index is 6.23. The summed E-state index contributed by atoms with van der Waals surface area (Å²) in [5.74, 6) is 1.41. The summed E-state index contributed by atoms with van der Waals surface area (Å²) in [6, 6.07) is 5.89. The molecule has 21 heavy (non-hydrogen) atoms. The van der Waals surface area contributed by atoms with E-state index in [1.165, 1.54) is 37.1 Å². The van der Waals surface area contributed by atoms with Gasteiger partial charge >= 0.3 is 0 Å². The minimum atomic E-state index is 0.587. The molecule has 1 aromatic heterocycles. The first-order valence-electron chi connectivity index (χ1n) is 7.29. The van der Waals surface area contributed by atoms with E-state index in [4.69, 9.17) is 15.5 Å². The monoisotopic (exact) mass is 366 g/mol. The van der Waals surface area contributed by atoms with Crippen LogP contribution in [0.2, 0.25) is 0 Å².